The first-order valence-corrected chi connectivity index (χ1v) is 7.73. The van der Waals surface area contributed by atoms with Gasteiger partial charge in [-0.25, -0.2) is 0 Å². The Balaban J connectivity index is 2.16. The lowest BCUT2D eigenvalue weighted by Crippen LogP contribution is -2.32. The molecule has 1 aromatic rings. The van der Waals surface area contributed by atoms with Gasteiger partial charge in [-0.15, -0.1) is 0 Å². The molecular weight excluding hydrogens is 268 g/mol. The molecule has 1 aliphatic rings. The Labute approximate surface area is 127 Å². The first kappa shape index (κ1) is 15.3. The van der Waals surface area contributed by atoms with E-state index in [0.717, 1.165) is 17.9 Å². The van der Waals surface area contributed by atoms with Gasteiger partial charge in [-0.2, -0.15) is 0 Å². The molecule has 1 fully saturated rings. The van der Waals surface area contributed by atoms with Crippen molar-refractivity contribution in [2.45, 2.75) is 45.2 Å². The summed E-state index contributed by atoms with van der Waals surface area (Å²) in [4.78, 5) is 2.95. The third kappa shape index (κ3) is 3.70. The number of benzene rings is 1. The van der Waals surface area contributed by atoms with E-state index in [1.54, 1.807) is 7.11 Å². The SMILES string of the molecule is COc1ccc(CN2CCCCCC2C)cc1C(N)=S. The molecule has 1 aliphatic heterocycles. The number of methoxy groups -OCH3 is 1. The Hall–Kier alpha value is -1.13. The van der Waals surface area contributed by atoms with Gasteiger partial charge in [-0.1, -0.05) is 31.1 Å². The van der Waals surface area contributed by atoms with Crippen molar-refractivity contribution in [1.82, 2.24) is 4.90 Å². The molecule has 0 radical (unpaired) electrons. The summed E-state index contributed by atoms with van der Waals surface area (Å²) in [6, 6.07) is 6.79. The molecule has 0 aromatic heterocycles. The lowest BCUT2D eigenvalue weighted by molar-refractivity contribution is 0.205. The van der Waals surface area contributed by atoms with E-state index in [1.165, 1.54) is 37.8 Å². The largest absolute Gasteiger partial charge is 0.496 e. The van der Waals surface area contributed by atoms with Crippen LogP contribution in [0.5, 0.6) is 5.75 Å². The number of rotatable bonds is 4. The summed E-state index contributed by atoms with van der Waals surface area (Å²) in [7, 11) is 1.65. The number of ether oxygens (including phenoxy) is 1. The van der Waals surface area contributed by atoms with E-state index in [0.29, 0.717) is 11.0 Å². The van der Waals surface area contributed by atoms with E-state index in [2.05, 4.69) is 24.0 Å². The van der Waals surface area contributed by atoms with Gasteiger partial charge in [0, 0.05) is 12.6 Å². The van der Waals surface area contributed by atoms with Crippen LogP contribution in [0.1, 0.15) is 43.7 Å². The van der Waals surface area contributed by atoms with Gasteiger partial charge < -0.3 is 10.5 Å². The zero-order chi connectivity index (χ0) is 14.5. The molecule has 2 N–H and O–H groups in total. The van der Waals surface area contributed by atoms with Crippen LogP contribution in [0.4, 0.5) is 0 Å². The second-order valence-electron chi connectivity index (χ2n) is 5.57. The molecule has 2 rings (SSSR count). The summed E-state index contributed by atoms with van der Waals surface area (Å²) in [5.41, 5.74) is 7.87. The van der Waals surface area contributed by atoms with E-state index in [9.17, 15) is 0 Å². The molecule has 0 spiro atoms. The molecule has 3 nitrogen and oxygen atoms in total. The standard InChI is InChI=1S/C16H24N2OS/c1-12-6-4-3-5-9-18(12)11-13-7-8-15(19-2)14(10-13)16(17)20/h7-8,10,12H,3-6,9,11H2,1-2H3,(H2,17,20). The van der Waals surface area contributed by atoms with Crippen LogP contribution in [0.2, 0.25) is 0 Å². The number of thiocarbonyl (C=S) groups is 1. The Morgan fingerprint density at radius 1 is 1.40 bits per heavy atom. The zero-order valence-electron chi connectivity index (χ0n) is 12.4. The number of likely N-dealkylation sites (tertiary alicyclic amines) is 1. The zero-order valence-corrected chi connectivity index (χ0v) is 13.2. The molecule has 110 valence electrons. The average Bonchev–Trinajstić information content (AvgIpc) is 2.64. The minimum Gasteiger partial charge on any atom is -0.496 e. The van der Waals surface area contributed by atoms with Crippen LogP contribution >= 0.6 is 12.2 Å². The molecule has 0 saturated carbocycles. The fourth-order valence-electron chi connectivity index (χ4n) is 2.85. The van der Waals surface area contributed by atoms with Crippen LogP contribution in [-0.2, 0) is 6.54 Å². The highest BCUT2D eigenvalue weighted by molar-refractivity contribution is 7.80. The van der Waals surface area contributed by atoms with Crippen molar-refractivity contribution >= 4 is 17.2 Å². The highest BCUT2D eigenvalue weighted by Crippen LogP contribution is 2.23. The number of nitrogens with two attached hydrogens (primary N) is 1. The smallest absolute Gasteiger partial charge is 0.129 e. The molecule has 0 bridgehead atoms. The van der Waals surface area contributed by atoms with Crippen LogP contribution in [0.3, 0.4) is 0 Å². The highest BCUT2D eigenvalue weighted by Gasteiger charge is 2.17. The van der Waals surface area contributed by atoms with Crippen molar-refractivity contribution < 1.29 is 4.74 Å². The van der Waals surface area contributed by atoms with Crippen LogP contribution in [0, 0.1) is 0 Å². The van der Waals surface area contributed by atoms with Crippen LogP contribution < -0.4 is 10.5 Å². The molecule has 1 heterocycles. The molecule has 1 unspecified atom stereocenters. The van der Waals surface area contributed by atoms with Crippen LogP contribution in [0.15, 0.2) is 18.2 Å². The lowest BCUT2D eigenvalue weighted by Gasteiger charge is -2.27. The third-order valence-electron chi connectivity index (χ3n) is 4.11. The summed E-state index contributed by atoms with van der Waals surface area (Å²) in [6.07, 6.45) is 5.28. The maximum absolute atomic E-state index is 5.78. The summed E-state index contributed by atoms with van der Waals surface area (Å²) < 4.78 is 5.31. The fourth-order valence-corrected chi connectivity index (χ4v) is 3.01. The average molecular weight is 292 g/mol. The van der Waals surface area contributed by atoms with Gasteiger partial charge in [0.2, 0.25) is 0 Å². The van der Waals surface area contributed by atoms with Crippen molar-refractivity contribution in [3.8, 4) is 5.75 Å². The monoisotopic (exact) mass is 292 g/mol. The van der Waals surface area contributed by atoms with Crippen molar-refractivity contribution in [2.24, 2.45) is 5.73 Å². The maximum atomic E-state index is 5.78. The van der Waals surface area contributed by atoms with Crippen molar-refractivity contribution in [1.29, 1.82) is 0 Å². The van der Waals surface area contributed by atoms with Gasteiger partial charge in [-0.05, 0) is 44.0 Å². The summed E-state index contributed by atoms with van der Waals surface area (Å²) in [5, 5.41) is 0. The molecule has 1 aromatic carbocycles. The van der Waals surface area contributed by atoms with Gasteiger partial charge in [0.25, 0.3) is 0 Å². The minimum atomic E-state index is 0.396. The van der Waals surface area contributed by atoms with Crippen molar-refractivity contribution in [2.75, 3.05) is 13.7 Å². The van der Waals surface area contributed by atoms with Gasteiger partial charge in [0.1, 0.15) is 10.7 Å². The molecule has 20 heavy (non-hydrogen) atoms. The Morgan fingerprint density at radius 3 is 2.90 bits per heavy atom. The van der Waals surface area contributed by atoms with Gasteiger partial charge in [0.15, 0.2) is 0 Å². The van der Waals surface area contributed by atoms with E-state index < -0.39 is 0 Å². The molecule has 1 saturated heterocycles. The van der Waals surface area contributed by atoms with Crippen molar-refractivity contribution in [3.05, 3.63) is 29.3 Å². The molecule has 1 atom stereocenters. The summed E-state index contributed by atoms with van der Waals surface area (Å²) in [5.74, 6) is 0.755. The van der Waals surface area contributed by atoms with Crippen molar-refractivity contribution in [3.63, 3.8) is 0 Å². The van der Waals surface area contributed by atoms with Gasteiger partial charge in [0.05, 0.1) is 12.7 Å². The Kier molecular flexibility index (Phi) is 5.38. The van der Waals surface area contributed by atoms with Gasteiger partial charge >= 0.3 is 0 Å². The lowest BCUT2D eigenvalue weighted by atomic mass is 10.1. The van der Waals surface area contributed by atoms with E-state index in [1.807, 2.05) is 6.07 Å². The summed E-state index contributed by atoms with van der Waals surface area (Å²) >= 11 is 5.11. The Bertz CT molecular complexity index is 476. The second-order valence-corrected chi connectivity index (χ2v) is 6.01. The molecule has 4 heteroatoms. The Morgan fingerprint density at radius 2 is 2.20 bits per heavy atom. The highest BCUT2D eigenvalue weighted by atomic mass is 32.1. The van der Waals surface area contributed by atoms with Crippen LogP contribution in [-0.4, -0.2) is 29.6 Å². The fraction of sp³-hybridized carbons (Fsp3) is 0.562. The van der Waals surface area contributed by atoms with Gasteiger partial charge in [-0.3, -0.25) is 4.90 Å². The van der Waals surface area contributed by atoms with E-state index >= 15 is 0 Å². The third-order valence-corrected chi connectivity index (χ3v) is 4.33. The normalized spacial score (nSPS) is 20.4. The summed E-state index contributed by atoms with van der Waals surface area (Å²) in [6.45, 7) is 4.46. The first-order chi connectivity index (χ1) is 9.61. The molecule has 0 aliphatic carbocycles. The number of nitrogens with zero attached hydrogens (tertiary/aromatic N) is 1. The first-order valence-electron chi connectivity index (χ1n) is 7.32. The van der Waals surface area contributed by atoms with Crippen LogP contribution in [0.25, 0.3) is 0 Å². The number of hydrogen-bond donors (Lipinski definition) is 1. The second kappa shape index (κ2) is 7.04. The van der Waals surface area contributed by atoms with E-state index in [-0.39, 0.29) is 0 Å². The molecular formula is C16H24N2OS. The maximum Gasteiger partial charge on any atom is 0.129 e. The minimum absolute atomic E-state index is 0.396. The predicted octanol–water partition coefficient (Wildman–Crippen LogP) is 3.09. The van der Waals surface area contributed by atoms with E-state index in [4.69, 9.17) is 22.7 Å². The predicted molar refractivity (Wildman–Crippen MR) is 87.2 cm³/mol. The molecule has 0 amide bonds. The number of hydrogen-bond acceptors (Lipinski definition) is 3. The topological polar surface area (TPSA) is 38.5 Å². The quantitative estimate of drug-likeness (QED) is 0.866.